The summed E-state index contributed by atoms with van der Waals surface area (Å²) in [6.07, 6.45) is 1.64. The molecular formula is C7H3BrClN3O. The van der Waals surface area contributed by atoms with Crippen LogP contribution in [-0.2, 0) is 0 Å². The van der Waals surface area contributed by atoms with Crippen molar-refractivity contribution in [2.75, 3.05) is 0 Å². The predicted molar refractivity (Wildman–Crippen MR) is 50.2 cm³/mol. The van der Waals surface area contributed by atoms with E-state index in [9.17, 15) is 0 Å². The van der Waals surface area contributed by atoms with Gasteiger partial charge in [-0.2, -0.15) is 4.98 Å². The summed E-state index contributed by atoms with van der Waals surface area (Å²) in [5.74, 6) is 0.303. The monoisotopic (exact) mass is 259 g/mol. The van der Waals surface area contributed by atoms with Crippen LogP contribution in [0.1, 0.15) is 0 Å². The van der Waals surface area contributed by atoms with Crippen LogP contribution in [0.15, 0.2) is 27.3 Å². The van der Waals surface area contributed by atoms with E-state index in [2.05, 4.69) is 31.1 Å². The first-order valence-corrected chi connectivity index (χ1v) is 4.54. The van der Waals surface area contributed by atoms with Crippen molar-refractivity contribution >= 4 is 27.5 Å². The smallest absolute Gasteiger partial charge is 0.278 e. The molecule has 2 rings (SSSR count). The molecule has 13 heavy (non-hydrogen) atoms. The van der Waals surface area contributed by atoms with Crippen molar-refractivity contribution in [2.45, 2.75) is 0 Å². The molecular weight excluding hydrogens is 257 g/mol. The molecule has 0 spiro atoms. The Balaban J connectivity index is 2.52. The van der Waals surface area contributed by atoms with E-state index >= 15 is 0 Å². The molecule has 2 aromatic heterocycles. The van der Waals surface area contributed by atoms with Crippen molar-refractivity contribution in [3.8, 4) is 11.6 Å². The van der Waals surface area contributed by atoms with Crippen molar-refractivity contribution in [2.24, 2.45) is 0 Å². The van der Waals surface area contributed by atoms with Crippen LogP contribution in [0.3, 0.4) is 0 Å². The second-order valence-electron chi connectivity index (χ2n) is 2.20. The third-order valence-corrected chi connectivity index (χ3v) is 2.16. The molecule has 0 saturated carbocycles. The minimum absolute atomic E-state index is 0.0764. The van der Waals surface area contributed by atoms with E-state index in [1.165, 1.54) is 0 Å². The van der Waals surface area contributed by atoms with Crippen LogP contribution >= 0.6 is 27.5 Å². The Morgan fingerprint density at radius 3 is 2.92 bits per heavy atom. The zero-order valence-corrected chi connectivity index (χ0v) is 8.58. The third kappa shape index (κ3) is 1.71. The first kappa shape index (κ1) is 8.65. The second-order valence-corrected chi connectivity index (χ2v) is 3.39. The van der Waals surface area contributed by atoms with Gasteiger partial charge in [0.15, 0.2) is 0 Å². The SMILES string of the molecule is Clc1noc(-c2ncccc2Br)n1. The van der Waals surface area contributed by atoms with E-state index in [-0.39, 0.29) is 5.28 Å². The van der Waals surface area contributed by atoms with Gasteiger partial charge in [-0.05, 0) is 44.8 Å². The van der Waals surface area contributed by atoms with Crippen LogP contribution in [0.2, 0.25) is 5.28 Å². The number of pyridine rings is 1. The van der Waals surface area contributed by atoms with Gasteiger partial charge in [-0.25, -0.2) is 4.98 Å². The molecule has 0 bridgehead atoms. The highest BCUT2D eigenvalue weighted by molar-refractivity contribution is 9.10. The first-order chi connectivity index (χ1) is 6.27. The lowest BCUT2D eigenvalue weighted by Gasteiger charge is -1.94. The maximum absolute atomic E-state index is 5.50. The molecule has 0 aliphatic heterocycles. The summed E-state index contributed by atoms with van der Waals surface area (Å²) in [7, 11) is 0. The third-order valence-electron chi connectivity index (χ3n) is 1.36. The van der Waals surface area contributed by atoms with Crippen molar-refractivity contribution in [1.29, 1.82) is 0 Å². The van der Waals surface area contributed by atoms with Gasteiger partial charge >= 0.3 is 0 Å². The number of halogens is 2. The summed E-state index contributed by atoms with van der Waals surface area (Å²) in [4.78, 5) is 7.90. The lowest BCUT2D eigenvalue weighted by molar-refractivity contribution is 0.429. The molecule has 2 heterocycles. The average molecular weight is 260 g/mol. The lowest BCUT2D eigenvalue weighted by Crippen LogP contribution is -1.83. The Morgan fingerprint density at radius 1 is 1.46 bits per heavy atom. The van der Waals surface area contributed by atoms with Gasteiger partial charge in [0.05, 0.1) is 0 Å². The topological polar surface area (TPSA) is 51.8 Å². The van der Waals surface area contributed by atoms with Crippen molar-refractivity contribution in [3.63, 3.8) is 0 Å². The summed E-state index contributed by atoms with van der Waals surface area (Å²) < 4.78 is 5.63. The molecule has 0 aliphatic rings. The number of aromatic nitrogens is 3. The van der Waals surface area contributed by atoms with Crippen molar-refractivity contribution in [1.82, 2.24) is 15.1 Å². The zero-order valence-electron chi connectivity index (χ0n) is 6.24. The Morgan fingerprint density at radius 2 is 2.31 bits per heavy atom. The molecule has 0 N–H and O–H groups in total. The van der Waals surface area contributed by atoms with Gasteiger partial charge in [0.1, 0.15) is 5.69 Å². The summed E-state index contributed by atoms with van der Waals surface area (Å²) >= 11 is 8.81. The molecule has 0 atom stereocenters. The van der Waals surface area contributed by atoms with Crippen LogP contribution in [0.25, 0.3) is 11.6 Å². The number of nitrogens with zero attached hydrogens (tertiary/aromatic N) is 3. The van der Waals surface area contributed by atoms with Gasteiger partial charge in [0.2, 0.25) is 0 Å². The van der Waals surface area contributed by atoms with Gasteiger partial charge in [-0.1, -0.05) is 0 Å². The maximum Gasteiger partial charge on any atom is 0.278 e. The van der Waals surface area contributed by atoms with Crippen molar-refractivity contribution in [3.05, 3.63) is 28.1 Å². The average Bonchev–Trinajstić information content (AvgIpc) is 2.53. The highest BCUT2D eigenvalue weighted by atomic mass is 79.9. The summed E-state index contributed by atoms with van der Waals surface area (Å²) in [5, 5.41) is 3.53. The molecule has 0 aliphatic carbocycles. The minimum Gasteiger partial charge on any atom is -0.331 e. The van der Waals surface area contributed by atoms with Crippen LogP contribution in [0, 0.1) is 0 Å². The quantitative estimate of drug-likeness (QED) is 0.790. The Hall–Kier alpha value is -0.940. The van der Waals surface area contributed by atoms with E-state index < -0.39 is 0 Å². The fourth-order valence-corrected chi connectivity index (χ4v) is 1.38. The number of hydrogen-bond donors (Lipinski definition) is 0. The summed E-state index contributed by atoms with van der Waals surface area (Å²) in [6, 6.07) is 3.63. The standard InChI is InChI=1S/C7H3BrClN3O/c8-4-2-1-3-10-5(4)6-11-7(9)12-13-6/h1-3H. The molecule has 4 nitrogen and oxygen atoms in total. The first-order valence-electron chi connectivity index (χ1n) is 3.37. The highest BCUT2D eigenvalue weighted by Gasteiger charge is 2.11. The van der Waals surface area contributed by atoms with Gasteiger partial charge in [-0.3, -0.25) is 0 Å². The largest absolute Gasteiger partial charge is 0.331 e. The summed E-state index contributed by atoms with van der Waals surface area (Å²) in [5.41, 5.74) is 0.585. The van der Waals surface area contributed by atoms with Gasteiger partial charge in [0, 0.05) is 10.7 Å². The predicted octanol–water partition coefficient (Wildman–Crippen LogP) is 2.55. The van der Waals surface area contributed by atoms with Crippen LogP contribution < -0.4 is 0 Å². The van der Waals surface area contributed by atoms with Gasteiger partial charge in [0.25, 0.3) is 11.2 Å². The van der Waals surface area contributed by atoms with Crippen LogP contribution in [0.4, 0.5) is 0 Å². The number of rotatable bonds is 1. The van der Waals surface area contributed by atoms with E-state index in [1.807, 2.05) is 6.07 Å². The fraction of sp³-hybridized carbons (Fsp3) is 0. The van der Waals surface area contributed by atoms with Crippen molar-refractivity contribution < 1.29 is 4.52 Å². The number of hydrogen-bond acceptors (Lipinski definition) is 4. The minimum atomic E-state index is 0.0764. The molecule has 2 aromatic rings. The molecule has 66 valence electrons. The zero-order chi connectivity index (χ0) is 9.26. The van der Waals surface area contributed by atoms with Crippen LogP contribution in [0.5, 0.6) is 0 Å². The second kappa shape index (κ2) is 3.43. The summed E-state index contributed by atoms with van der Waals surface area (Å²) in [6.45, 7) is 0. The van der Waals surface area contributed by atoms with Gasteiger partial charge in [-0.15, -0.1) is 0 Å². The lowest BCUT2D eigenvalue weighted by atomic mass is 10.3. The highest BCUT2D eigenvalue weighted by Crippen LogP contribution is 2.24. The Kier molecular flexibility index (Phi) is 2.28. The Labute approximate surface area is 87.1 Å². The molecule has 0 aromatic carbocycles. The maximum atomic E-state index is 5.50. The Bertz CT molecular complexity index is 431. The molecule has 0 unspecified atom stereocenters. The van der Waals surface area contributed by atoms with Gasteiger partial charge < -0.3 is 4.52 Å². The molecule has 6 heteroatoms. The van der Waals surface area contributed by atoms with E-state index in [1.54, 1.807) is 12.3 Å². The van der Waals surface area contributed by atoms with E-state index in [0.29, 0.717) is 11.6 Å². The van der Waals surface area contributed by atoms with Crippen LogP contribution in [-0.4, -0.2) is 15.1 Å². The van der Waals surface area contributed by atoms with E-state index in [0.717, 1.165) is 4.47 Å². The normalized spacial score (nSPS) is 10.3. The molecule has 0 amide bonds. The molecule has 0 fully saturated rings. The van der Waals surface area contributed by atoms with E-state index in [4.69, 9.17) is 16.1 Å². The fourth-order valence-electron chi connectivity index (χ4n) is 0.845. The molecule has 0 radical (unpaired) electrons. The molecule has 0 saturated heterocycles.